The Bertz CT molecular complexity index is 904. The Morgan fingerprint density at radius 2 is 1.81 bits per heavy atom. The summed E-state index contributed by atoms with van der Waals surface area (Å²) in [5.41, 5.74) is 2.29. The van der Waals surface area contributed by atoms with E-state index in [9.17, 15) is 9.50 Å². The number of nitrogens with one attached hydrogen (secondary N) is 2. The molecule has 0 saturated carbocycles. The molecular weight excluding hydrogens is 367 g/mol. The third-order valence-corrected chi connectivity index (χ3v) is 4.09. The van der Waals surface area contributed by atoms with Gasteiger partial charge in [-0.3, -0.25) is 0 Å². The Kier molecular flexibility index (Phi) is 7.47. The van der Waals surface area contributed by atoms with E-state index in [1.54, 1.807) is 19.1 Å². The molecule has 5 nitrogen and oxygen atoms in total. The van der Waals surface area contributed by atoms with Gasteiger partial charge in [-0.2, -0.15) is 0 Å². The lowest BCUT2D eigenvalue weighted by molar-refractivity contribution is 0.194. The number of aliphatic hydroxyl groups excluding tert-OH is 1. The third kappa shape index (κ3) is 5.13. The van der Waals surface area contributed by atoms with Crippen molar-refractivity contribution in [2.24, 2.45) is 0 Å². The number of benzene rings is 2. The van der Waals surface area contributed by atoms with Crippen molar-refractivity contribution in [3.8, 4) is 11.3 Å². The number of hydrogen-bond acceptors (Lipinski definition) is 5. The van der Waals surface area contributed by atoms with Gasteiger partial charge in [0, 0.05) is 36.2 Å². The standard InChI is InChI=1S/C20H23FN4O.ClH/c1-13(26)11-14-12-19(25-20(24-14)23-10-9-22-2)17-7-8-18(21)16-6-4-3-5-15(16)17;/h3-8,12-13,22,26H,9-11H2,1-2H3,(H,23,24,25);1H. The Balaban J connectivity index is 0.00000261. The van der Waals surface area contributed by atoms with Crippen molar-refractivity contribution in [3.63, 3.8) is 0 Å². The van der Waals surface area contributed by atoms with Crippen molar-refractivity contribution < 1.29 is 9.50 Å². The molecule has 0 saturated heterocycles. The first-order valence-electron chi connectivity index (χ1n) is 8.70. The number of fused-ring (bicyclic) bond motifs is 1. The maximum atomic E-state index is 14.1. The van der Waals surface area contributed by atoms with Gasteiger partial charge in [0.15, 0.2) is 0 Å². The highest BCUT2D eigenvalue weighted by atomic mass is 35.5. The molecule has 0 aliphatic rings. The topological polar surface area (TPSA) is 70.1 Å². The molecular formula is C20H24ClFN4O. The second kappa shape index (κ2) is 9.60. The molecule has 1 heterocycles. The summed E-state index contributed by atoms with van der Waals surface area (Å²) in [7, 11) is 1.88. The number of halogens is 2. The van der Waals surface area contributed by atoms with Crippen LogP contribution < -0.4 is 10.6 Å². The number of anilines is 1. The second-order valence-corrected chi connectivity index (χ2v) is 6.29. The summed E-state index contributed by atoms with van der Waals surface area (Å²) in [6.07, 6.45) is -0.0807. The van der Waals surface area contributed by atoms with Crippen molar-refractivity contribution in [1.82, 2.24) is 15.3 Å². The van der Waals surface area contributed by atoms with E-state index in [1.165, 1.54) is 6.07 Å². The summed E-state index contributed by atoms with van der Waals surface area (Å²) in [5.74, 6) is 0.247. The van der Waals surface area contributed by atoms with Crippen LogP contribution >= 0.6 is 12.4 Å². The molecule has 2 aromatic carbocycles. The summed E-state index contributed by atoms with van der Waals surface area (Å²) < 4.78 is 14.1. The van der Waals surface area contributed by atoms with Gasteiger partial charge in [0.25, 0.3) is 0 Å². The number of rotatable bonds is 7. The minimum atomic E-state index is -0.507. The first kappa shape index (κ1) is 21.0. The molecule has 3 aromatic rings. The molecule has 27 heavy (non-hydrogen) atoms. The van der Waals surface area contributed by atoms with Crippen molar-refractivity contribution in [2.75, 3.05) is 25.5 Å². The van der Waals surface area contributed by atoms with Crippen LogP contribution in [0.4, 0.5) is 10.3 Å². The Labute approximate surface area is 164 Å². The number of aromatic nitrogens is 2. The molecule has 0 bridgehead atoms. The van der Waals surface area contributed by atoms with Gasteiger partial charge in [-0.05, 0) is 37.6 Å². The number of likely N-dealkylation sites (N-methyl/N-ethyl adjacent to an activating group) is 1. The first-order chi connectivity index (χ1) is 12.6. The van der Waals surface area contributed by atoms with Crippen LogP contribution in [0.5, 0.6) is 0 Å². The number of nitrogens with zero attached hydrogens (tertiary/aromatic N) is 2. The molecule has 3 N–H and O–H groups in total. The van der Waals surface area contributed by atoms with Crippen LogP contribution in [0.1, 0.15) is 12.6 Å². The van der Waals surface area contributed by atoms with Crippen LogP contribution in [0.15, 0.2) is 42.5 Å². The molecule has 0 amide bonds. The minimum absolute atomic E-state index is 0. The third-order valence-electron chi connectivity index (χ3n) is 4.09. The fourth-order valence-electron chi connectivity index (χ4n) is 2.91. The van der Waals surface area contributed by atoms with E-state index < -0.39 is 6.10 Å². The van der Waals surface area contributed by atoms with Crippen molar-refractivity contribution in [2.45, 2.75) is 19.4 Å². The molecule has 0 spiro atoms. The first-order valence-corrected chi connectivity index (χ1v) is 8.70. The second-order valence-electron chi connectivity index (χ2n) is 6.29. The molecule has 1 unspecified atom stereocenters. The normalized spacial score (nSPS) is 11.9. The predicted octanol–water partition coefficient (Wildman–Crippen LogP) is 3.41. The molecule has 0 radical (unpaired) electrons. The zero-order chi connectivity index (χ0) is 18.5. The van der Waals surface area contributed by atoms with E-state index in [0.717, 1.165) is 23.2 Å². The van der Waals surface area contributed by atoms with Gasteiger partial charge >= 0.3 is 0 Å². The summed E-state index contributed by atoms with van der Waals surface area (Å²) in [6.45, 7) is 3.18. The highest BCUT2D eigenvalue weighted by molar-refractivity contribution is 5.96. The Morgan fingerprint density at radius 3 is 2.52 bits per heavy atom. The van der Waals surface area contributed by atoms with E-state index in [1.807, 2.05) is 31.3 Å². The van der Waals surface area contributed by atoms with Crippen LogP contribution in [-0.2, 0) is 6.42 Å². The number of hydrogen-bond donors (Lipinski definition) is 3. The van der Waals surface area contributed by atoms with Crippen molar-refractivity contribution in [1.29, 1.82) is 0 Å². The fourth-order valence-corrected chi connectivity index (χ4v) is 2.91. The van der Waals surface area contributed by atoms with Crippen LogP contribution in [0.3, 0.4) is 0 Å². The van der Waals surface area contributed by atoms with Gasteiger partial charge in [0.1, 0.15) is 5.82 Å². The SMILES string of the molecule is CNCCNc1nc(CC(C)O)cc(-c2ccc(F)c3ccccc23)n1.Cl. The molecule has 3 rings (SSSR count). The van der Waals surface area contributed by atoms with Gasteiger partial charge in [-0.1, -0.05) is 24.3 Å². The van der Waals surface area contributed by atoms with E-state index in [2.05, 4.69) is 20.6 Å². The maximum Gasteiger partial charge on any atom is 0.223 e. The van der Waals surface area contributed by atoms with Gasteiger partial charge in [0.2, 0.25) is 5.95 Å². The van der Waals surface area contributed by atoms with E-state index >= 15 is 0 Å². The number of aliphatic hydroxyl groups is 1. The fraction of sp³-hybridized carbons (Fsp3) is 0.300. The predicted molar refractivity (Wildman–Crippen MR) is 110 cm³/mol. The highest BCUT2D eigenvalue weighted by Crippen LogP contribution is 2.30. The molecule has 1 atom stereocenters. The zero-order valence-electron chi connectivity index (χ0n) is 15.4. The lowest BCUT2D eigenvalue weighted by Gasteiger charge is -2.12. The lowest BCUT2D eigenvalue weighted by Crippen LogP contribution is -2.19. The van der Waals surface area contributed by atoms with Gasteiger partial charge in [-0.15, -0.1) is 12.4 Å². The zero-order valence-corrected chi connectivity index (χ0v) is 16.2. The summed E-state index contributed by atoms with van der Waals surface area (Å²) >= 11 is 0. The van der Waals surface area contributed by atoms with Crippen molar-refractivity contribution >= 4 is 29.1 Å². The minimum Gasteiger partial charge on any atom is -0.393 e. The lowest BCUT2D eigenvalue weighted by atomic mass is 10.0. The molecule has 0 fully saturated rings. The average molecular weight is 391 g/mol. The maximum absolute atomic E-state index is 14.1. The smallest absolute Gasteiger partial charge is 0.223 e. The largest absolute Gasteiger partial charge is 0.393 e. The van der Waals surface area contributed by atoms with Crippen LogP contribution in [-0.4, -0.2) is 41.3 Å². The van der Waals surface area contributed by atoms with E-state index in [-0.39, 0.29) is 18.2 Å². The Morgan fingerprint density at radius 1 is 1.07 bits per heavy atom. The van der Waals surface area contributed by atoms with Crippen LogP contribution in [0.2, 0.25) is 0 Å². The highest BCUT2D eigenvalue weighted by Gasteiger charge is 2.12. The Hall–Kier alpha value is -2.28. The monoisotopic (exact) mass is 390 g/mol. The molecule has 7 heteroatoms. The molecule has 144 valence electrons. The quantitative estimate of drug-likeness (QED) is 0.539. The van der Waals surface area contributed by atoms with Gasteiger partial charge in [-0.25, -0.2) is 14.4 Å². The molecule has 0 aliphatic heterocycles. The van der Waals surface area contributed by atoms with E-state index in [4.69, 9.17) is 0 Å². The summed E-state index contributed by atoms with van der Waals surface area (Å²) in [5, 5.41) is 17.4. The summed E-state index contributed by atoms with van der Waals surface area (Å²) in [4.78, 5) is 9.09. The van der Waals surface area contributed by atoms with Gasteiger partial charge in [0.05, 0.1) is 11.8 Å². The average Bonchev–Trinajstić information content (AvgIpc) is 2.62. The molecule has 0 aliphatic carbocycles. The van der Waals surface area contributed by atoms with Crippen molar-refractivity contribution in [3.05, 3.63) is 54.0 Å². The van der Waals surface area contributed by atoms with Gasteiger partial charge < -0.3 is 15.7 Å². The van der Waals surface area contributed by atoms with Crippen LogP contribution in [0.25, 0.3) is 22.0 Å². The van der Waals surface area contributed by atoms with Crippen LogP contribution in [0, 0.1) is 5.82 Å². The summed E-state index contributed by atoms with van der Waals surface area (Å²) in [6, 6.07) is 12.4. The van der Waals surface area contributed by atoms with E-state index in [0.29, 0.717) is 30.0 Å². The molecule has 1 aromatic heterocycles.